The van der Waals surface area contributed by atoms with Crippen molar-refractivity contribution >= 4 is 5.91 Å². The van der Waals surface area contributed by atoms with Crippen LogP contribution in [0, 0.1) is 5.92 Å². The maximum atomic E-state index is 12.9. The summed E-state index contributed by atoms with van der Waals surface area (Å²) in [4.78, 5) is 13.3. The fraction of sp³-hybridized carbons (Fsp3) is 0.706. The van der Waals surface area contributed by atoms with Crippen LogP contribution in [0.3, 0.4) is 0 Å². The van der Waals surface area contributed by atoms with Crippen molar-refractivity contribution in [3.8, 4) is 0 Å². The third kappa shape index (κ3) is 5.50. The van der Waals surface area contributed by atoms with E-state index in [1.54, 1.807) is 11.0 Å². The molecule has 0 radical (unpaired) electrons. The third-order valence-electron chi connectivity index (χ3n) is 4.18. The number of carbonyl (C=O) groups is 1. The van der Waals surface area contributed by atoms with Crippen molar-refractivity contribution in [3.63, 3.8) is 0 Å². The molecule has 0 saturated heterocycles. The lowest BCUT2D eigenvalue weighted by Crippen LogP contribution is -2.31. The molecule has 1 rings (SSSR count). The first-order valence-corrected chi connectivity index (χ1v) is 8.01. The van der Waals surface area contributed by atoms with E-state index in [4.69, 9.17) is 0 Å². The van der Waals surface area contributed by atoms with Crippen molar-refractivity contribution in [1.29, 1.82) is 0 Å². The highest BCUT2D eigenvalue weighted by atomic mass is 19.4. The first-order valence-electron chi connectivity index (χ1n) is 8.01. The summed E-state index contributed by atoms with van der Waals surface area (Å²) < 4.78 is 38.6. The van der Waals surface area contributed by atoms with Crippen molar-refractivity contribution in [1.82, 2.24) is 4.90 Å². The van der Waals surface area contributed by atoms with Gasteiger partial charge in [0.1, 0.15) is 0 Å². The molecular formula is C17H26F3NO. The number of hydrogen-bond donors (Lipinski definition) is 0. The smallest absolute Gasteiger partial charge is 0.343 e. The van der Waals surface area contributed by atoms with E-state index >= 15 is 0 Å². The van der Waals surface area contributed by atoms with E-state index in [1.165, 1.54) is 13.0 Å². The molecule has 0 saturated carbocycles. The molecule has 1 atom stereocenters. The summed E-state index contributed by atoms with van der Waals surface area (Å²) in [6.07, 6.45) is 1.79. The van der Waals surface area contributed by atoms with Gasteiger partial charge in [-0.05, 0) is 38.0 Å². The molecule has 0 aromatic rings. The molecule has 0 bridgehead atoms. The molecule has 22 heavy (non-hydrogen) atoms. The molecule has 0 fully saturated rings. The zero-order chi connectivity index (χ0) is 16.8. The number of carbonyl (C=O) groups excluding carboxylic acids is 1. The van der Waals surface area contributed by atoms with E-state index in [0.29, 0.717) is 19.5 Å². The zero-order valence-corrected chi connectivity index (χ0v) is 13.7. The molecule has 5 heteroatoms. The highest BCUT2D eigenvalue weighted by Gasteiger charge is 2.36. The number of allylic oxidation sites excluding steroid dienone is 4. The van der Waals surface area contributed by atoms with Gasteiger partial charge in [0.25, 0.3) is 0 Å². The van der Waals surface area contributed by atoms with Crippen molar-refractivity contribution in [2.24, 2.45) is 5.92 Å². The fourth-order valence-corrected chi connectivity index (χ4v) is 2.94. The molecule has 1 unspecified atom stereocenters. The SMILES string of the molecule is CCCN(CCCC1CC(C(F)(F)F)=CC=C1CC)C(C)=O. The van der Waals surface area contributed by atoms with Gasteiger partial charge in [-0.25, -0.2) is 0 Å². The second-order valence-electron chi connectivity index (χ2n) is 5.83. The summed E-state index contributed by atoms with van der Waals surface area (Å²) in [5.74, 6) is -0.0188. The van der Waals surface area contributed by atoms with Crippen LogP contribution in [0.25, 0.3) is 0 Å². The van der Waals surface area contributed by atoms with Crippen molar-refractivity contribution in [3.05, 3.63) is 23.3 Å². The normalized spacial score (nSPS) is 18.7. The van der Waals surface area contributed by atoms with E-state index in [9.17, 15) is 18.0 Å². The van der Waals surface area contributed by atoms with Crippen molar-refractivity contribution in [2.45, 2.75) is 59.1 Å². The van der Waals surface area contributed by atoms with E-state index in [-0.39, 0.29) is 18.2 Å². The maximum absolute atomic E-state index is 12.9. The lowest BCUT2D eigenvalue weighted by molar-refractivity contribution is -0.129. The Morgan fingerprint density at radius 3 is 2.45 bits per heavy atom. The average Bonchev–Trinajstić information content (AvgIpc) is 2.45. The summed E-state index contributed by atoms with van der Waals surface area (Å²) in [6, 6.07) is 0. The van der Waals surface area contributed by atoms with Crippen LogP contribution in [0.1, 0.15) is 52.9 Å². The summed E-state index contributed by atoms with van der Waals surface area (Å²) in [5.41, 5.74) is 0.643. The standard InChI is InChI=1S/C17H26F3NO/c1-4-10-21(13(3)22)11-6-7-15-12-16(17(18,19)20)9-8-14(15)5-2/h8-9,15H,4-7,10-12H2,1-3H3. The summed E-state index contributed by atoms with van der Waals surface area (Å²) in [6.45, 7) is 6.86. The van der Waals surface area contributed by atoms with E-state index in [2.05, 4.69) is 0 Å². The highest BCUT2D eigenvalue weighted by Crippen LogP contribution is 2.38. The van der Waals surface area contributed by atoms with Crippen molar-refractivity contribution in [2.75, 3.05) is 13.1 Å². The van der Waals surface area contributed by atoms with Gasteiger partial charge in [0, 0.05) is 25.6 Å². The number of rotatable bonds is 7. The summed E-state index contributed by atoms with van der Waals surface area (Å²) in [5, 5.41) is 0. The van der Waals surface area contributed by atoms with Crippen LogP contribution >= 0.6 is 0 Å². The van der Waals surface area contributed by atoms with Gasteiger partial charge in [0.15, 0.2) is 0 Å². The van der Waals surface area contributed by atoms with Gasteiger partial charge in [0.05, 0.1) is 0 Å². The van der Waals surface area contributed by atoms with Gasteiger partial charge < -0.3 is 4.90 Å². The third-order valence-corrected chi connectivity index (χ3v) is 4.18. The minimum atomic E-state index is -4.23. The van der Waals surface area contributed by atoms with Gasteiger partial charge in [0.2, 0.25) is 5.91 Å². The van der Waals surface area contributed by atoms with Gasteiger partial charge in [-0.15, -0.1) is 0 Å². The number of nitrogens with zero attached hydrogens (tertiary/aromatic N) is 1. The molecule has 0 spiro atoms. The molecule has 2 nitrogen and oxygen atoms in total. The number of hydrogen-bond acceptors (Lipinski definition) is 1. The summed E-state index contributed by atoms with van der Waals surface area (Å²) >= 11 is 0. The first kappa shape index (κ1) is 18.8. The van der Waals surface area contributed by atoms with Crippen LogP contribution < -0.4 is 0 Å². The molecule has 1 amide bonds. The van der Waals surface area contributed by atoms with Gasteiger partial charge >= 0.3 is 6.18 Å². The van der Waals surface area contributed by atoms with Gasteiger partial charge in [-0.2, -0.15) is 13.2 Å². The highest BCUT2D eigenvalue weighted by molar-refractivity contribution is 5.73. The van der Waals surface area contributed by atoms with Crippen LogP contribution in [0.15, 0.2) is 23.3 Å². The Bertz CT molecular complexity index is 438. The van der Waals surface area contributed by atoms with Gasteiger partial charge in [-0.1, -0.05) is 31.6 Å². The number of amides is 1. The van der Waals surface area contributed by atoms with E-state index in [0.717, 1.165) is 24.8 Å². The quantitative estimate of drug-likeness (QED) is 0.656. The Morgan fingerprint density at radius 1 is 1.27 bits per heavy atom. The Morgan fingerprint density at radius 2 is 1.95 bits per heavy atom. The number of alkyl halides is 3. The lowest BCUT2D eigenvalue weighted by atomic mass is 9.82. The first-order chi connectivity index (χ1) is 10.3. The zero-order valence-electron chi connectivity index (χ0n) is 13.7. The van der Waals surface area contributed by atoms with Crippen LogP contribution in [0.5, 0.6) is 0 Å². The van der Waals surface area contributed by atoms with E-state index in [1.807, 2.05) is 13.8 Å². The van der Waals surface area contributed by atoms with E-state index < -0.39 is 11.7 Å². The van der Waals surface area contributed by atoms with Crippen LogP contribution in [0.2, 0.25) is 0 Å². The molecular weight excluding hydrogens is 291 g/mol. The molecule has 0 heterocycles. The Labute approximate surface area is 131 Å². The molecule has 1 aliphatic rings. The molecule has 1 aliphatic carbocycles. The minimum Gasteiger partial charge on any atom is -0.343 e. The van der Waals surface area contributed by atoms with Crippen molar-refractivity contribution < 1.29 is 18.0 Å². The maximum Gasteiger partial charge on any atom is 0.412 e. The Kier molecular flexibility index (Phi) is 7.17. The van der Waals surface area contributed by atoms with Gasteiger partial charge in [-0.3, -0.25) is 4.79 Å². The van der Waals surface area contributed by atoms with Crippen LogP contribution in [0.4, 0.5) is 13.2 Å². The predicted molar refractivity (Wildman–Crippen MR) is 82.4 cm³/mol. The van der Waals surface area contributed by atoms with Crippen LogP contribution in [-0.2, 0) is 4.79 Å². The lowest BCUT2D eigenvalue weighted by Gasteiger charge is -2.27. The minimum absolute atomic E-state index is 0.0348. The Balaban J connectivity index is 2.59. The molecule has 0 aliphatic heterocycles. The van der Waals surface area contributed by atoms with Crippen LogP contribution in [-0.4, -0.2) is 30.1 Å². The molecule has 0 aromatic heterocycles. The second-order valence-corrected chi connectivity index (χ2v) is 5.83. The summed E-state index contributed by atoms with van der Waals surface area (Å²) in [7, 11) is 0. The topological polar surface area (TPSA) is 20.3 Å². The largest absolute Gasteiger partial charge is 0.412 e. The fourth-order valence-electron chi connectivity index (χ4n) is 2.94. The molecule has 0 N–H and O–H groups in total. The number of halogens is 3. The Hall–Kier alpha value is -1.26. The molecule has 126 valence electrons. The predicted octanol–water partition coefficient (Wildman–Crippen LogP) is 4.87. The average molecular weight is 317 g/mol. The second kappa shape index (κ2) is 8.39. The monoisotopic (exact) mass is 317 g/mol. The molecule has 0 aromatic carbocycles.